The highest BCUT2D eigenvalue weighted by atomic mass is 16.2. The summed E-state index contributed by atoms with van der Waals surface area (Å²) in [7, 11) is 0. The van der Waals surface area contributed by atoms with Crippen LogP contribution in [0.3, 0.4) is 0 Å². The summed E-state index contributed by atoms with van der Waals surface area (Å²) >= 11 is 0. The van der Waals surface area contributed by atoms with E-state index in [9.17, 15) is 9.59 Å². The molecule has 0 saturated carbocycles. The van der Waals surface area contributed by atoms with Gasteiger partial charge in [-0.15, -0.1) is 0 Å². The zero-order valence-electron chi connectivity index (χ0n) is 15.8. The van der Waals surface area contributed by atoms with Gasteiger partial charge >= 0.3 is 0 Å². The number of aryl methyl sites for hydroxylation is 1. The minimum atomic E-state index is -0.171. The minimum absolute atomic E-state index is 0.000932. The van der Waals surface area contributed by atoms with E-state index in [1.807, 2.05) is 35.2 Å². The van der Waals surface area contributed by atoms with E-state index in [1.54, 1.807) is 0 Å². The second-order valence-corrected chi connectivity index (χ2v) is 7.00. The third kappa shape index (κ3) is 5.41. The van der Waals surface area contributed by atoms with E-state index in [4.69, 9.17) is 0 Å². The van der Waals surface area contributed by atoms with Crippen LogP contribution in [0.2, 0.25) is 0 Å². The van der Waals surface area contributed by atoms with E-state index in [2.05, 4.69) is 41.8 Å². The fourth-order valence-electron chi connectivity index (χ4n) is 3.34. The van der Waals surface area contributed by atoms with Gasteiger partial charge in [-0.25, -0.2) is 0 Å². The van der Waals surface area contributed by atoms with Gasteiger partial charge in [-0.2, -0.15) is 0 Å². The Kier molecular flexibility index (Phi) is 6.60. The number of hydrogen-bond donors (Lipinski definition) is 2. The van der Waals surface area contributed by atoms with Crippen LogP contribution in [-0.4, -0.2) is 42.9 Å². The van der Waals surface area contributed by atoms with Gasteiger partial charge in [0.15, 0.2) is 0 Å². The second kappa shape index (κ2) is 9.33. The Bertz CT molecular complexity index is 753. The van der Waals surface area contributed by atoms with Crippen LogP contribution in [0.15, 0.2) is 54.6 Å². The van der Waals surface area contributed by atoms with Crippen molar-refractivity contribution in [2.45, 2.75) is 25.8 Å². The largest absolute Gasteiger partial charge is 0.346 e. The first-order chi connectivity index (χ1) is 13.1. The zero-order chi connectivity index (χ0) is 19.1. The lowest BCUT2D eigenvalue weighted by atomic mass is 9.98. The highest BCUT2D eigenvalue weighted by Gasteiger charge is 2.19. The molecule has 1 fully saturated rings. The van der Waals surface area contributed by atoms with Crippen LogP contribution in [0.25, 0.3) is 0 Å². The first-order valence-electron chi connectivity index (χ1n) is 9.53. The predicted octanol–water partition coefficient (Wildman–Crippen LogP) is 2.41. The maximum absolute atomic E-state index is 12.2. The van der Waals surface area contributed by atoms with Gasteiger partial charge in [0.2, 0.25) is 11.8 Å². The number of nitrogens with one attached hydrogen (secondary N) is 2. The molecule has 1 aliphatic rings. The topological polar surface area (TPSA) is 61.4 Å². The molecule has 0 radical (unpaired) electrons. The quantitative estimate of drug-likeness (QED) is 0.792. The fourth-order valence-corrected chi connectivity index (χ4v) is 3.34. The van der Waals surface area contributed by atoms with Crippen LogP contribution >= 0.6 is 0 Å². The van der Waals surface area contributed by atoms with Gasteiger partial charge in [-0.1, -0.05) is 60.2 Å². The molecule has 2 aromatic rings. The molecule has 1 atom stereocenters. The lowest BCUT2D eigenvalue weighted by Crippen LogP contribution is -2.42. The zero-order valence-corrected chi connectivity index (χ0v) is 15.8. The Morgan fingerprint density at radius 2 is 1.56 bits per heavy atom. The molecule has 0 bridgehead atoms. The summed E-state index contributed by atoms with van der Waals surface area (Å²) < 4.78 is 0. The van der Waals surface area contributed by atoms with Crippen molar-refractivity contribution >= 4 is 11.8 Å². The van der Waals surface area contributed by atoms with Crippen LogP contribution in [0.1, 0.15) is 35.6 Å². The molecule has 142 valence electrons. The Hall–Kier alpha value is -2.66. The van der Waals surface area contributed by atoms with Crippen molar-refractivity contribution in [3.63, 3.8) is 0 Å². The molecule has 0 aromatic heterocycles. The van der Waals surface area contributed by atoms with E-state index in [1.165, 1.54) is 5.56 Å². The number of likely N-dealkylation sites (tertiary alicyclic amines) is 1. The molecular formula is C22H27N3O2. The maximum atomic E-state index is 12.2. The molecule has 2 aromatic carbocycles. The predicted molar refractivity (Wildman–Crippen MR) is 106 cm³/mol. The van der Waals surface area contributed by atoms with Gasteiger partial charge in [-0.3, -0.25) is 14.9 Å². The van der Waals surface area contributed by atoms with Crippen molar-refractivity contribution in [1.82, 2.24) is 15.5 Å². The molecular weight excluding hydrogens is 338 g/mol. The molecule has 5 nitrogen and oxygen atoms in total. The van der Waals surface area contributed by atoms with Gasteiger partial charge in [0.05, 0.1) is 19.1 Å². The summed E-state index contributed by atoms with van der Waals surface area (Å²) in [5, 5.41) is 6.06. The molecule has 1 unspecified atom stereocenters. The minimum Gasteiger partial charge on any atom is -0.346 e. The van der Waals surface area contributed by atoms with Crippen LogP contribution in [0, 0.1) is 6.92 Å². The summed E-state index contributed by atoms with van der Waals surface area (Å²) in [6, 6.07) is 18.3. The lowest BCUT2D eigenvalue weighted by molar-refractivity contribution is -0.131. The molecule has 0 spiro atoms. The smallest absolute Gasteiger partial charge is 0.241 e. The molecule has 1 aliphatic heterocycles. The van der Waals surface area contributed by atoms with Crippen molar-refractivity contribution in [3.8, 4) is 0 Å². The number of benzene rings is 2. The van der Waals surface area contributed by atoms with Crippen LogP contribution in [-0.2, 0) is 9.59 Å². The van der Waals surface area contributed by atoms with E-state index in [0.29, 0.717) is 0 Å². The van der Waals surface area contributed by atoms with Gasteiger partial charge < -0.3 is 10.2 Å². The molecule has 3 rings (SSSR count). The fraction of sp³-hybridized carbons (Fsp3) is 0.364. The van der Waals surface area contributed by atoms with Crippen molar-refractivity contribution in [2.24, 2.45) is 0 Å². The van der Waals surface area contributed by atoms with Gasteiger partial charge in [0.25, 0.3) is 0 Å². The average Bonchev–Trinajstić information content (AvgIpc) is 3.23. The number of nitrogens with zero attached hydrogens (tertiary/aromatic N) is 1. The van der Waals surface area contributed by atoms with E-state index in [0.717, 1.165) is 37.1 Å². The number of hydrogen-bond acceptors (Lipinski definition) is 3. The Morgan fingerprint density at radius 1 is 0.926 bits per heavy atom. The van der Waals surface area contributed by atoms with Crippen LogP contribution in [0.5, 0.6) is 0 Å². The summed E-state index contributed by atoms with van der Waals surface area (Å²) in [4.78, 5) is 26.1. The van der Waals surface area contributed by atoms with Crippen LogP contribution in [0.4, 0.5) is 0 Å². The second-order valence-electron chi connectivity index (χ2n) is 7.00. The Balaban J connectivity index is 1.58. The molecule has 1 heterocycles. The van der Waals surface area contributed by atoms with Crippen molar-refractivity contribution in [2.75, 3.05) is 26.2 Å². The molecule has 1 saturated heterocycles. The van der Waals surface area contributed by atoms with Crippen molar-refractivity contribution in [3.05, 3.63) is 71.3 Å². The van der Waals surface area contributed by atoms with Crippen molar-refractivity contribution in [1.29, 1.82) is 0 Å². The highest BCUT2D eigenvalue weighted by molar-refractivity contribution is 5.85. The van der Waals surface area contributed by atoms with Gasteiger partial charge in [-0.05, 0) is 30.9 Å². The summed E-state index contributed by atoms with van der Waals surface area (Å²) in [5.74, 6) is -0.172. The monoisotopic (exact) mass is 365 g/mol. The third-order valence-electron chi connectivity index (χ3n) is 4.91. The molecule has 2 N–H and O–H groups in total. The number of rotatable bonds is 7. The molecule has 0 aliphatic carbocycles. The molecule has 27 heavy (non-hydrogen) atoms. The Labute approximate surface area is 160 Å². The van der Waals surface area contributed by atoms with E-state index >= 15 is 0 Å². The van der Waals surface area contributed by atoms with Crippen LogP contribution < -0.4 is 10.6 Å². The lowest BCUT2D eigenvalue weighted by Gasteiger charge is -2.20. The third-order valence-corrected chi connectivity index (χ3v) is 4.91. The molecule has 2 amide bonds. The Morgan fingerprint density at radius 3 is 2.22 bits per heavy atom. The average molecular weight is 365 g/mol. The highest BCUT2D eigenvalue weighted by Crippen LogP contribution is 2.22. The van der Waals surface area contributed by atoms with Crippen molar-refractivity contribution < 1.29 is 9.59 Å². The standard InChI is InChI=1S/C22H27N3O2/c1-17-9-11-19(12-10-17)22(18-7-3-2-4-8-18)24-15-20(26)23-16-21(27)25-13-5-6-14-25/h2-4,7-12,22,24H,5-6,13-16H2,1H3,(H,23,26). The van der Waals surface area contributed by atoms with Gasteiger partial charge in [0.1, 0.15) is 0 Å². The SMILES string of the molecule is Cc1ccc(C(NCC(=O)NCC(=O)N2CCCC2)c2ccccc2)cc1. The summed E-state index contributed by atoms with van der Waals surface area (Å²) in [6.45, 7) is 3.88. The first-order valence-corrected chi connectivity index (χ1v) is 9.53. The molecule has 5 heteroatoms. The van der Waals surface area contributed by atoms with E-state index in [-0.39, 0.29) is 30.9 Å². The normalized spacial score (nSPS) is 14.8. The number of amides is 2. The van der Waals surface area contributed by atoms with E-state index < -0.39 is 0 Å². The number of carbonyl (C=O) groups is 2. The van der Waals surface area contributed by atoms with Gasteiger partial charge in [0, 0.05) is 13.1 Å². The first kappa shape index (κ1) is 19.1. The number of carbonyl (C=O) groups excluding carboxylic acids is 2. The summed E-state index contributed by atoms with van der Waals surface area (Å²) in [5.41, 5.74) is 3.40. The summed E-state index contributed by atoms with van der Waals surface area (Å²) in [6.07, 6.45) is 2.10. The maximum Gasteiger partial charge on any atom is 0.241 e.